The van der Waals surface area contributed by atoms with Crippen molar-refractivity contribution in [2.45, 2.75) is 0 Å². The first-order valence-corrected chi connectivity index (χ1v) is 10.4. The Hall–Kier alpha value is -4.53. The number of carbonyl (C=O) groups is 1. The van der Waals surface area contributed by atoms with Crippen molar-refractivity contribution in [3.8, 4) is 34.1 Å². The lowest BCUT2D eigenvalue weighted by Crippen LogP contribution is -2.25. The minimum Gasteiger partial charge on any atom is -0.496 e. The van der Waals surface area contributed by atoms with Gasteiger partial charge in [-0.2, -0.15) is 10.2 Å². The van der Waals surface area contributed by atoms with Crippen molar-refractivity contribution >= 4 is 23.0 Å². The highest BCUT2D eigenvalue weighted by Crippen LogP contribution is 2.40. The third kappa shape index (κ3) is 4.23. The molecule has 0 saturated carbocycles. The largest absolute Gasteiger partial charge is 0.496 e. The lowest BCUT2D eigenvalue weighted by molar-refractivity contribution is -0.114. The molecule has 0 aliphatic carbocycles. The summed E-state index contributed by atoms with van der Waals surface area (Å²) in [6.45, 7) is 0. The molecular weight excluding hydrogens is 436 g/mol. The van der Waals surface area contributed by atoms with Crippen molar-refractivity contribution < 1.29 is 23.7 Å². The van der Waals surface area contributed by atoms with Crippen LogP contribution in [-0.4, -0.2) is 45.8 Å². The number of hydrazone groups is 2. The number of nitrogens with one attached hydrogen (secondary N) is 2. The number of hydrogen-bond donors (Lipinski definition) is 2. The molecule has 3 aromatic carbocycles. The summed E-state index contributed by atoms with van der Waals surface area (Å²) in [5.41, 5.74) is 8.91. The fraction of sp³-hybridized carbons (Fsp3) is 0.160. The van der Waals surface area contributed by atoms with Crippen LogP contribution in [0.4, 0.5) is 5.69 Å². The van der Waals surface area contributed by atoms with Crippen LogP contribution in [0.25, 0.3) is 11.1 Å². The Balaban J connectivity index is 1.69. The summed E-state index contributed by atoms with van der Waals surface area (Å²) in [5.74, 6) is 1.53. The molecule has 0 atom stereocenters. The zero-order valence-electron chi connectivity index (χ0n) is 19.2. The third-order valence-corrected chi connectivity index (χ3v) is 5.25. The van der Waals surface area contributed by atoms with Crippen LogP contribution in [0.2, 0.25) is 0 Å². The van der Waals surface area contributed by atoms with Crippen molar-refractivity contribution in [1.82, 2.24) is 5.43 Å². The Kier molecular flexibility index (Phi) is 6.63. The van der Waals surface area contributed by atoms with E-state index >= 15 is 0 Å². The minimum atomic E-state index is -0.448. The van der Waals surface area contributed by atoms with Crippen molar-refractivity contribution in [1.29, 1.82) is 0 Å². The third-order valence-electron chi connectivity index (χ3n) is 5.25. The molecule has 1 aliphatic rings. The minimum absolute atomic E-state index is 0.0996. The van der Waals surface area contributed by atoms with Gasteiger partial charge in [0.2, 0.25) is 5.75 Å². The predicted octanol–water partition coefficient (Wildman–Crippen LogP) is 3.69. The van der Waals surface area contributed by atoms with Gasteiger partial charge in [0.15, 0.2) is 17.2 Å². The summed E-state index contributed by atoms with van der Waals surface area (Å²) in [6.07, 6.45) is 0. The van der Waals surface area contributed by atoms with Gasteiger partial charge in [-0.05, 0) is 35.9 Å². The second-order valence-corrected chi connectivity index (χ2v) is 7.14. The highest BCUT2D eigenvalue weighted by atomic mass is 16.5. The molecule has 9 nitrogen and oxygen atoms in total. The normalized spacial score (nSPS) is 13.8. The number of anilines is 1. The Morgan fingerprint density at radius 2 is 1.50 bits per heavy atom. The number of amides is 1. The number of methoxy groups -OCH3 is 4. The molecule has 0 bridgehead atoms. The Bertz CT molecular complexity index is 1270. The highest BCUT2D eigenvalue weighted by molar-refractivity contribution is 6.72. The van der Waals surface area contributed by atoms with Gasteiger partial charge in [-0.3, -0.25) is 10.2 Å². The van der Waals surface area contributed by atoms with Gasteiger partial charge in [0, 0.05) is 5.56 Å². The molecule has 174 valence electrons. The molecule has 2 N–H and O–H groups in total. The number of nitrogens with zero attached hydrogens (tertiary/aromatic N) is 2. The monoisotopic (exact) mass is 460 g/mol. The molecule has 1 aliphatic heterocycles. The van der Waals surface area contributed by atoms with E-state index in [9.17, 15) is 4.79 Å². The molecule has 0 fully saturated rings. The van der Waals surface area contributed by atoms with E-state index in [-0.39, 0.29) is 5.71 Å². The van der Waals surface area contributed by atoms with Crippen LogP contribution < -0.4 is 29.8 Å². The Morgan fingerprint density at radius 3 is 2.18 bits per heavy atom. The summed E-state index contributed by atoms with van der Waals surface area (Å²) < 4.78 is 21.8. The van der Waals surface area contributed by atoms with Gasteiger partial charge in [0.25, 0.3) is 5.91 Å². The molecule has 1 amide bonds. The van der Waals surface area contributed by atoms with Crippen LogP contribution >= 0.6 is 0 Å². The fourth-order valence-electron chi connectivity index (χ4n) is 3.64. The smallest absolute Gasteiger partial charge is 0.294 e. The lowest BCUT2D eigenvalue weighted by Gasteiger charge is -2.15. The van der Waals surface area contributed by atoms with Gasteiger partial charge in [0.05, 0.1) is 39.7 Å². The molecule has 34 heavy (non-hydrogen) atoms. The van der Waals surface area contributed by atoms with E-state index in [0.29, 0.717) is 34.2 Å². The molecule has 3 aromatic rings. The maximum absolute atomic E-state index is 12.5. The van der Waals surface area contributed by atoms with Crippen LogP contribution in [0.3, 0.4) is 0 Å². The molecule has 4 rings (SSSR count). The zero-order chi connectivity index (χ0) is 24.1. The number of hydrogen-bond acceptors (Lipinski definition) is 8. The maximum Gasteiger partial charge on any atom is 0.294 e. The van der Waals surface area contributed by atoms with Crippen molar-refractivity contribution in [2.75, 3.05) is 33.9 Å². The van der Waals surface area contributed by atoms with E-state index in [1.807, 2.05) is 48.5 Å². The first kappa shape index (κ1) is 22.7. The average molecular weight is 460 g/mol. The quantitative estimate of drug-likeness (QED) is 0.497. The molecule has 0 spiro atoms. The molecule has 0 saturated heterocycles. The van der Waals surface area contributed by atoms with Gasteiger partial charge in [0.1, 0.15) is 11.5 Å². The summed E-state index contributed by atoms with van der Waals surface area (Å²) in [7, 11) is 6.17. The van der Waals surface area contributed by atoms with Gasteiger partial charge in [-0.25, -0.2) is 5.43 Å². The van der Waals surface area contributed by atoms with E-state index in [1.54, 1.807) is 19.2 Å². The highest BCUT2D eigenvalue weighted by Gasteiger charge is 2.30. The number of carbonyl (C=O) groups excluding carboxylic acids is 1. The van der Waals surface area contributed by atoms with Crippen LogP contribution in [0, 0.1) is 0 Å². The van der Waals surface area contributed by atoms with Gasteiger partial charge < -0.3 is 18.9 Å². The average Bonchev–Trinajstić information content (AvgIpc) is 3.26. The summed E-state index contributed by atoms with van der Waals surface area (Å²) in [4.78, 5) is 12.5. The summed E-state index contributed by atoms with van der Waals surface area (Å²) in [6, 6.07) is 18.8. The molecule has 1 heterocycles. The maximum atomic E-state index is 12.5. The van der Waals surface area contributed by atoms with Gasteiger partial charge in [-0.1, -0.05) is 30.3 Å². The first-order chi connectivity index (χ1) is 16.6. The second kappa shape index (κ2) is 9.95. The van der Waals surface area contributed by atoms with Gasteiger partial charge >= 0.3 is 0 Å². The topological polar surface area (TPSA) is 103 Å². The van der Waals surface area contributed by atoms with Crippen LogP contribution in [0.15, 0.2) is 70.9 Å². The SMILES string of the molecule is COc1ccc(N/N=C2/C(=O)NN=C2c2ccc(OC)c(OC)c2OC)cc1-c1ccccc1. The molecule has 0 unspecified atom stereocenters. The van der Waals surface area contributed by atoms with Crippen LogP contribution in [-0.2, 0) is 4.79 Å². The lowest BCUT2D eigenvalue weighted by atomic mass is 10.0. The Labute approximate surface area is 197 Å². The number of ether oxygens (including phenoxy) is 4. The van der Waals surface area contributed by atoms with E-state index in [1.165, 1.54) is 21.3 Å². The summed E-state index contributed by atoms with van der Waals surface area (Å²) in [5, 5.41) is 8.51. The van der Waals surface area contributed by atoms with Crippen LogP contribution in [0.5, 0.6) is 23.0 Å². The molecule has 0 radical (unpaired) electrons. The number of rotatable bonds is 8. The van der Waals surface area contributed by atoms with Crippen LogP contribution in [0.1, 0.15) is 5.56 Å². The van der Waals surface area contributed by atoms with Crippen molar-refractivity contribution in [3.05, 3.63) is 66.2 Å². The fourth-order valence-corrected chi connectivity index (χ4v) is 3.64. The van der Waals surface area contributed by atoms with Crippen molar-refractivity contribution in [3.63, 3.8) is 0 Å². The van der Waals surface area contributed by atoms with E-state index < -0.39 is 5.91 Å². The molecule has 0 aromatic heterocycles. The van der Waals surface area contributed by atoms with E-state index in [4.69, 9.17) is 18.9 Å². The van der Waals surface area contributed by atoms with E-state index in [2.05, 4.69) is 21.1 Å². The first-order valence-electron chi connectivity index (χ1n) is 10.4. The zero-order valence-corrected chi connectivity index (χ0v) is 19.2. The van der Waals surface area contributed by atoms with E-state index in [0.717, 1.165) is 16.9 Å². The van der Waals surface area contributed by atoms with Gasteiger partial charge in [-0.15, -0.1) is 0 Å². The Morgan fingerprint density at radius 1 is 0.794 bits per heavy atom. The summed E-state index contributed by atoms with van der Waals surface area (Å²) >= 11 is 0. The molecule has 9 heteroatoms. The standard InChI is InChI=1S/C25H24N4O5/c1-31-19-12-10-16(14-18(19)15-8-6-5-7-9-15)26-28-22-21(27-29-25(22)30)17-11-13-20(32-2)24(34-4)23(17)33-3/h5-14,26H,1-4H3,(H,28,29,30). The number of benzene rings is 3. The van der Waals surface area contributed by atoms with Crippen molar-refractivity contribution in [2.24, 2.45) is 10.2 Å². The predicted molar refractivity (Wildman–Crippen MR) is 130 cm³/mol. The second-order valence-electron chi connectivity index (χ2n) is 7.14. The molecular formula is C25H24N4O5.